The van der Waals surface area contributed by atoms with Gasteiger partial charge in [-0.3, -0.25) is 9.78 Å². The van der Waals surface area contributed by atoms with Crippen molar-refractivity contribution in [2.24, 2.45) is 0 Å². The summed E-state index contributed by atoms with van der Waals surface area (Å²) in [6, 6.07) is 0. The van der Waals surface area contributed by atoms with E-state index < -0.39 is 42.4 Å². The summed E-state index contributed by atoms with van der Waals surface area (Å²) in [6.07, 6.45) is -3.84. The molecular weight excluding hydrogens is 272 g/mol. The summed E-state index contributed by atoms with van der Waals surface area (Å²) in [5, 5.41) is 28.7. The average molecular weight is 284 g/mol. The second kappa shape index (κ2) is 4.52. The molecule has 10 nitrogen and oxygen atoms in total. The minimum Gasteiger partial charge on any atom is -0.394 e. The number of H-pyrrole nitrogens is 2. The van der Waals surface area contributed by atoms with Gasteiger partial charge in [0.15, 0.2) is 11.9 Å². The number of imidazole rings is 1. The number of nitrogens with zero attached hydrogens (tertiary/aromatic N) is 2. The molecule has 10 heteroatoms. The number of fused-ring (bicyclic) bond motifs is 1. The van der Waals surface area contributed by atoms with Gasteiger partial charge in [0.25, 0.3) is 5.56 Å². The first-order valence-corrected chi connectivity index (χ1v) is 5.85. The van der Waals surface area contributed by atoms with Crippen molar-refractivity contribution in [3.8, 4) is 0 Å². The van der Waals surface area contributed by atoms with Crippen LogP contribution in [-0.2, 0) is 4.74 Å². The van der Waals surface area contributed by atoms with Crippen LogP contribution < -0.4 is 11.2 Å². The zero-order valence-corrected chi connectivity index (χ0v) is 10.1. The Morgan fingerprint density at radius 2 is 2.10 bits per heavy atom. The Morgan fingerprint density at radius 1 is 1.35 bits per heavy atom. The van der Waals surface area contributed by atoms with Crippen LogP contribution >= 0.6 is 0 Å². The van der Waals surface area contributed by atoms with Crippen LogP contribution in [0.25, 0.3) is 11.2 Å². The molecule has 1 aliphatic heterocycles. The lowest BCUT2D eigenvalue weighted by atomic mass is 10.1. The van der Waals surface area contributed by atoms with Crippen LogP contribution in [0, 0.1) is 0 Å². The van der Waals surface area contributed by atoms with Crippen molar-refractivity contribution in [3.63, 3.8) is 0 Å². The second-order valence-electron chi connectivity index (χ2n) is 4.46. The van der Waals surface area contributed by atoms with Crippen LogP contribution in [0.4, 0.5) is 0 Å². The molecule has 2 aromatic rings. The summed E-state index contributed by atoms with van der Waals surface area (Å²) in [7, 11) is 0. The smallest absolute Gasteiger partial charge is 0.332 e. The summed E-state index contributed by atoms with van der Waals surface area (Å²) < 4.78 is 6.18. The molecular formula is C10H12N4O6. The Morgan fingerprint density at radius 3 is 2.75 bits per heavy atom. The molecule has 108 valence electrons. The van der Waals surface area contributed by atoms with Crippen molar-refractivity contribution in [3.05, 3.63) is 27.2 Å². The number of aromatic amines is 2. The number of aliphatic hydroxyl groups is 3. The van der Waals surface area contributed by atoms with Crippen LogP contribution in [0.15, 0.2) is 15.9 Å². The number of aromatic nitrogens is 4. The van der Waals surface area contributed by atoms with Gasteiger partial charge in [-0.05, 0) is 0 Å². The van der Waals surface area contributed by atoms with E-state index in [0.717, 1.165) is 4.57 Å². The third kappa shape index (κ3) is 1.70. The largest absolute Gasteiger partial charge is 0.394 e. The van der Waals surface area contributed by atoms with E-state index in [1.54, 1.807) is 0 Å². The summed E-state index contributed by atoms with van der Waals surface area (Å²) in [5.74, 6) is 0. The lowest BCUT2D eigenvalue weighted by Crippen LogP contribution is -2.38. The van der Waals surface area contributed by atoms with Crippen molar-refractivity contribution < 1.29 is 20.1 Å². The van der Waals surface area contributed by atoms with E-state index in [0.29, 0.717) is 0 Å². The number of rotatable bonds is 2. The quantitative estimate of drug-likeness (QED) is 0.394. The molecule has 2 aromatic heterocycles. The van der Waals surface area contributed by atoms with Crippen molar-refractivity contribution >= 4 is 11.2 Å². The Kier molecular flexibility index (Phi) is 2.94. The van der Waals surface area contributed by atoms with Crippen molar-refractivity contribution in [2.75, 3.05) is 6.61 Å². The lowest BCUT2D eigenvalue weighted by molar-refractivity contribution is -0.0530. The van der Waals surface area contributed by atoms with Gasteiger partial charge in [0, 0.05) is 0 Å². The molecule has 1 aliphatic rings. The molecule has 0 spiro atoms. The summed E-state index contributed by atoms with van der Waals surface area (Å²) in [4.78, 5) is 31.9. The fraction of sp³-hybridized carbons (Fsp3) is 0.500. The summed E-state index contributed by atoms with van der Waals surface area (Å²) in [5.41, 5.74) is -1.44. The first-order chi connectivity index (χ1) is 9.54. The molecule has 5 N–H and O–H groups in total. The number of ether oxygens (including phenoxy) is 1. The van der Waals surface area contributed by atoms with Crippen molar-refractivity contribution in [1.82, 2.24) is 19.5 Å². The summed E-state index contributed by atoms with van der Waals surface area (Å²) >= 11 is 0. The predicted molar refractivity (Wildman–Crippen MR) is 64.0 cm³/mol. The van der Waals surface area contributed by atoms with E-state index in [9.17, 15) is 19.8 Å². The maximum Gasteiger partial charge on any atom is 0.332 e. The molecule has 0 amide bonds. The van der Waals surface area contributed by atoms with E-state index in [4.69, 9.17) is 9.84 Å². The van der Waals surface area contributed by atoms with Crippen molar-refractivity contribution in [1.29, 1.82) is 0 Å². The first kappa shape index (κ1) is 13.0. The predicted octanol–water partition coefficient (Wildman–Crippen LogP) is -2.98. The Labute approximate surface area is 110 Å². The minimum absolute atomic E-state index is 0.00594. The van der Waals surface area contributed by atoms with Gasteiger partial charge in [-0.1, -0.05) is 0 Å². The molecule has 1 saturated heterocycles. The highest BCUT2D eigenvalue weighted by atomic mass is 16.6. The topological polar surface area (TPSA) is 153 Å². The van der Waals surface area contributed by atoms with Gasteiger partial charge < -0.3 is 25.0 Å². The third-order valence-electron chi connectivity index (χ3n) is 3.29. The van der Waals surface area contributed by atoms with Crippen LogP contribution in [0.2, 0.25) is 0 Å². The molecule has 0 bridgehead atoms. The van der Waals surface area contributed by atoms with Crippen LogP contribution in [-0.4, -0.2) is 59.8 Å². The minimum atomic E-state index is -1.43. The van der Waals surface area contributed by atoms with Gasteiger partial charge in [0.1, 0.15) is 23.8 Å². The van der Waals surface area contributed by atoms with Crippen LogP contribution in [0.5, 0.6) is 0 Å². The highest BCUT2D eigenvalue weighted by Gasteiger charge is 2.44. The fourth-order valence-corrected chi connectivity index (χ4v) is 2.28. The maximum absolute atomic E-state index is 11.9. The number of nitrogens with one attached hydrogen (secondary N) is 2. The van der Waals surface area contributed by atoms with Crippen LogP contribution in [0.1, 0.15) is 6.23 Å². The van der Waals surface area contributed by atoms with Gasteiger partial charge in [0.05, 0.1) is 12.9 Å². The van der Waals surface area contributed by atoms with E-state index in [-0.39, 0.29) is 11.2 Å². The Bertz CT molecular complexity index is 748. The molecule has 3 heterocycles. The van der Waals surface area contributed by atoms with Gasteiger partial charge in [-0.25, -0.2) is 14.3 Å². The van der Waals surface area contributed by atoms with Gasteiger partial charge in [0.2, 0.25) is 0 Å². The molecule has 4 atom stereocenters. The molecule has 1 fully saturated rings. The standard InChI is InChI=1S/C10H12N4O6/c15-1-3-5(16)6(17)9(20-3)14-7-4(11-2-12-7)8(18)13-10(14)19/h2-3,5-6,9,15-17H,1H2,(H,11,12)(H,13,18,19)/t3-,5-,6-,9?/m1/s1. The van der Waals surface area contributed by atoms with E-state index >= 15 is 0 Å². The van der Waals surface area contributed by atoms with Crippen molar-refractivity contribution in [2.45, 2.75) is 24.5 Å². The molecule has 3 rings (SSSR count). The average Bonchev–Trinajstić information content (AvgIpc) is 2.99. The molecule has 1 unspecified atom stereocenters. The molecule has 0 radical (unpaired) electrons. The summed E-state index contributed by atoms with van der Waals surface area (Å²) in [6.45, 7) is -0.517. The normalized spacial score (nSPS) is 30.1. The zero-order valence-electron chi connectivity index (χ0n) is 10.1. The third-order valence-corrected chi connectivity index (χ3v) is 3.29. The highest BCUT2D eigenvalue weighted by molar-refractivity contribution is 5.68. The van der Waals surface area contributed by atoms with E-state index in [1.165, 1.54) is 6.33 Å². The number of hydrogen-bond acceptors (Lipinski definition) is 7. The lowest BCUT2D eigenvalue weighted by Gasteiger charge is -2.17. The zero-order chi connectivity index (χ0) is 14.4. The van der Waals surface area contributed by atoms with Gasteiger partial charge >= 0.3 is 5.69 Å². The highest BCUT2D eigenvalue weighted by Crippen LogP contribution is 2.29. The van der Waals surface area contributed by atoms with E-state index in [1.807, 2.05) is 0 Å². The van der Waals surface area contributed by atoms with E-state index in [2.05, 4.69) is 15.0 Å². The molecule has 0 aliphatic carbocycles. The van der Waals surface area contributed by atoms with Gasteiger partial charge in [-0.2, -0.15) is 0 Å². The Balaban J connectivity index is 2.18. The number of aliphatic hydroxyl groups excluding tert-OH is 3. The molecule has 0 aromatic carbocycles. The maximum atomic E-state index is 11.9. The first-order valence-electron chi connectivity index (χ1n) is 5.85. The molecule has 20 heavy (non-hydrogen) atoms. The Hall–Kier alpha value is -2.01. The SMILES string of the molecule is O=c1[nH]c(=O)n(C2O[C@H](CO)[C@@H](O)[C@H]2O)c2nc[nH]c12. The number of hydrogen-bond donors (Lipinski definition) is 5. The molecule has 0 saturated carbocycles. The fourth-order valence-electron chi connectivity index (χ4n) is 2.28. The monoisotopic (exact) mass is 284 g/mol. The van der Waals surface area contributed by atoms with Gasteiger partial charge in [-0.15, -0.1) is 0 Å². The second-order valence-corrected chi connectivity index (χ2v) is 4.46. The van der Waals surface area contributed by atoms with Crippen LogP contribution in [0.3, 0.4) is 0 Å².